The normalized spacial score (nSPS) is 11.6. The van der Waals surface area contributed by atoms with Crippen molar-refractivity contribution in [2.75, 3.05) is 13.7 Å². The van der Waals surface area contributed by atoms with Gasteiger partial charge in [-0.2, -0.15) is 0 Å². The Morgan fingerprint density at radius 1 is 1.50 bits per heavy atom. The Hall–Kier alpha value is -0.970. The second-order valence-electron chi connectivity index (χ2n) is 2.72. The van der Waals surface area contributed by atoms with Crippen molar-refractivity contribution in [3.63, 3.8) is 0 Å². The highest BCUT2D eigenvalue weighted by atomic mass is 35.5. The predicted octanol–water partition coefficient (Wildman–Crippen LogP) is 0.815. The molecule has 1 aromatic carbocycles. The van der Waals surface area contributed by atoms with Gasteiger partial charge in [-0.05, 0) is 17.7 Å². The van der Waals surface area contributed by atoms with E-state index >= 15 is 0 Å². The molecule has 5 heteroatoms. The van der Waals surface area contributed by atoms with Crippen molar-refractivity contribution in [2.24, 2.45) is 5.73 Å². The van der Waals surface area contributed by atoms with Gasteiger partial charge in [-0.25, -0.2) is 0 Å². The molecule has 0 amide bonds. The van der Waals surface area contributed by atoms with Crippen LogP contribution in [0.4, 0.5) is 0 Å². The average Bonchev–Trinajstić information content (AvgIpc) is 2.16. The summed E-state index contributed by atoms with van der Waals surface area (Å²) in [4.78, 5) is 0. The van der Waals surface area contributed by atoms with Crippen LogP contribution in [0.25, 0.3) is 0 Å². The van der Waals surface area contributed by atoms with Gasteiger partial charge in [0.05, 0.1) is 19.8 Å². The van der Waals surface area contributed by atoms with E-state index in [9.17, 15) is 5.11 Å². The number of phenols is 1. The summed E-state index contributed by atoms with van der Waals surface area (Å²) in [5.41, 5.74) is 6.23. The third kappa shape index (κ3) is 2.77. The molecular formula is C9H14ClNO3. The lowest BCUT2D eigenvalue weighted by Gasteiger charge is -2.10. The standard InChI is InChI=1S/C9H13NO3.ClH/c1-13-9-3-2-6(4-8(9)12)7(10)5-11;/h2-4,7,11-12H,5,10H2,1H3;1H/t7-;/m1./s1. The maximum absolute atomic E-state index is 9.37. The van der Waals surface area contributed by atoms with Crippen molar-refractivity contribution in [1.29, 1.82) is 0 Å². The molecule has 80 valence electrons. The molecule has 1 rings (SSSR count). The van der Waals surface area contributed by atoms with Gasteiger partial charge in [0, 0.05) is 0 Å². The SMILES string of the molecule is COc1ccc([C@H](N)CO)cc1O.Cl. The zero-order valence-corrected chi connectivity index (χ0v) is 8.62. The van der Waals surface area contributed by atoms with E-state index in [-0.39, 0.29) is 24.8 Å². The smallest absolute Gasteiger partial charge is 0.160 e. The summed E-state index contributed by atoms with van der Waals surface area (Å²) in [6, 6.07) is 4.34. The van der Waals surface area contributed by atoms with Crippen LogP contribution in [0.5, 0.6) is 11.5 Å². The van der Waals surface area contributed by atoms with Crippen LogP contribution in [0, 0.1) is 0 Å². The number of rotatable bonds is 3. The van der Waals surface area contributed by atoms with E-state index in [2.05, 4.69) is 0 Å². The second-order valence-corrected chi connectivity index (χ2v) is 2.72. The van der Waals surface area contributed by atoms with Crippen LogP contribution >= 0.6 is 12.4 Å². The van der Waals surface area contributed by atoms with Crippen molar-refractivity contribution in [3.8, 4) is 11.5 Å². The molecule has 0 heterocycles. The second kappa shape index (κ2) is 5.70. The highest BCUT2D eigenvalue weighted by Crippen LogP contribution is 2.27. The first-order valence-electron chi connectivity index (χ1n) is 3.92. The third-order valence-corrected chi connectivity index (χ3v) is 1.83. The van der Waals surface area contributed by atoms with Crippen LogP contribution in [-0.4, -0.2) is 23.9 Å². The molecule has 4 N–H and O–H groups in total. The zero-order chi connectivity index (χ0) is 9.84. The Bertz CT molecular complexity index is 293. The molecule has 0 bridgehead atoms. The Morgan fingerprint density at radius 2 is 2.14 bits per heavy atom. The highest BCUT2D eigenvalue weighted by molar-refractivity contribution is 5.85. The molecule has 0 saturated carbocycles. The fourth-order valence-electron chi connectivity index (χ4n) is 1.04. The lowest BCUT2D eigenvalue weighted by atomic mass is 10.1. The number of nitrogens with two attached hydrogens (primary N) is 1. The maximum Gasteiger partial charge on any atom is 0.160 e. The number of ether oxygens (including phenoxy) is 1. The van der Waals surface area contributed by atoms with Gasteiger partial charge in [0.1, 0.15) is 0 Å². The van der Waals surface area contributed by atoms with E-state index in [1.54, 1.807) is 12.1 Å². The quantitative estimate of drug-likeness (QED) is 0.704. The molecule has 0 unspecified atom stereocenters. The van der Waals surface area contributed by atoms with Gasteiger partial charge >= 0.3 is 0 Å². The number of hydrogen-bond acceptors (Lipinski definition) is 4. The number of aliphatic hydroxyl groups excluding tert-OH is 1. The summed E-state index contributed by atoms with van der Waals surface area (Å²) in [5, 5.41) is 18.1. The summed E-state index contributed by atoms with van der Waals surface area (Å²) in [5.74, 6) is 0.429. The van der Waals surface area contributed by atoms with E-state index < -0.39 is 6.04 Å². The van der Waals surface area contributed by atoms with Crippen molar-refractivity contribution in [1.82, 2.24) is 0 Å². The fourth-order valence-corrected chi connectivity index (χ4v) is 1.04. The fraction of sp³-hybridized carbons (Fsp3) is 0.333. The predicted molar refractivity (Wildman–Crippen MR) is 55.9 cm³/mol. The number of phenolic OH excluding ortho intramolecular Hbond substituents is 1. The molecule has 0 aliphatic heterocycles. The maximum atomic E-state index is 9.37. The largest absolute Gasteiger partial charge is 0.504 e. The van der Waals surface area contributed by atoms with E-state index in [1.165, 1.54) is 13.2 Å². The Kier molecular flexibility index (Phi) is 5.30. The van der Waals surface area contributed by atoms with Crippen molar-refractivity contribution in [3.05, 3.63) is 23.8 Å². The van der Waals surface area contributed by atoms with E-state index in [1.807, 2.05) is 0 Å². The van der Waals surface area contributed by atoms with Crippen LogP contribution in [0.1, 0.15) is 11.6 Å². The van der Waals surface area contributed by atoms with Gasteiger partial charge in [-0.3, -0.25) is 0 Å². The number of methoxy groups -OCH3 is 1. The molecule has 0 fully saturated rings. The van der Waals surface area contributed by atoms with E-state index in [4.69, 9.17) is 15.6 Å². The van der Waals surface area contributed by atoms with Crippen molar-refractivity contribution in [2.45, 2.75) is 6.04 Å². The van der Waals surface area contributed by atoms with Crippen LogP contribution in [0.15, 0.2) is 18.2 Å². The first-order chi connectivity index (χ1) is 6.19. The van der Waals surface area contributed by atoms with E-state index in [0.717, 1.165) is 0 Å². The van der Waals surface area contributed by atoms with Gasteiger partial charge in [0.2, 0.25) is 0 Å². The first kappa shape index (κ1) is 13.0. The van der Waals surface area contributed by atoms with Crippen molar-refractivity contribution < 1.29 is 14.9 Å². The van der Waals surface area contributed by atoms with E-state index in [0.29, 0.717) is 11.3 Å². The molecule has 0 aliphatic rings. The molecule has 1 aromatic rings. The molecule has 0 spiro atoms. The van der Waals surface area contributed by atoms with Gasteiger partial charge in [-0.15, -0.1) is 12.4 Å². The summed E-state index contributed by atoms with van der Waals surface area (Å²) in [6.45, 7) is -0.147. The van der Waals surface area contributed by atoms with Crippen LogP contribution in [0.2, 0.25) is 0 Å². The summed E-state index contributed by atoms with van der Waals surface area (Å²) < 4.78 is 4.86. The molecule has 0 saturated heterocycles. The lowest BCUT2D eigenvalue weighted by molar-refractivity contribution is 0.267. The molecule has 14 heavy (non-hydrogen) atoms. The van der Waals surface area contributed by atoms with Gasteiger partial charge < -0.3 is 20.7 Å². The Balaban J connectivity index is 0.00000169. The van der Waals surface area contributed by atoms with Crippen molar-refractivity contribution >= 4 is 12.4 Å². The molecular weight excluding hydrogens is 206 g/mol. The Labute approximate surface area is 88.7 Å². The van der Waals surface area contributed by atoms with Gasteiger partial charge in [-0.1, -0.05) is 6.07 Å². The highest BCUT2D eigenvalue weighted by Gasteiger charge is 2.07. The molecule has 0 aromatic heterocycles. The zero-order valence-electron chi connectivity index (χ0n) is 7.80. The van der Waals surface area contributed by atoms with Crippen LogP contribution in [-0.2, 0) is 0 Å². The molecule has 0 aliphatic carbocycles. The van der Waals surface area contributed by atoms with Crippen LogP contribution in [0.3, 0.4) is 0 Å². The average molecular weight is 220 g/mol. The Morgan fingerprint density at radius 3 is 2.57 bits per heavy atom. The number of aliphatic hydroxyl groups is 1. The minimum absolute atomic E-state index is 0. The minimum Gasteiger partial charge on any atom is -0.504 e. The number of benzene rings is 1. The third-order valence-electron chi connectivity index (χ3n) is 1.83. The summed E-state index contributed by atoms with van der Waals surface area (Å²) >= 11 is 0. The van der Waals surface area contributed by atoms with Gasteiger partial charge in [0.15, 0.2) is 11.5 Å². The van der Waals surface area contributed by atoms with Crippen LogP contribution < -0.4 is 10.5 Å². The topological polar surface area (TPSA) is 75.7 Å². The number of halogens is 1. The molecule has 4 nitrogen and oxygen atoms in total. The summed E-state index contributed by atoms with van der Waals surface area (Å²) in [6.07, 6.45) is 0. The van der Waals surface area contributed by atoms with Gasteiger partial charge in [0.25, 0.3) is 0 Å². The number of hydrogen-bond donors (Lipinski definition) is 3. The summed E-state index contributed by atoms with van der Waals surface area (Å²) in [7, 11) is 1.47. The first-order valence-corrected chi connectivity index (χ1v) is 3.92. The number of aromatic hydroxyl groups is 1. The monoisotopic (exact) mass is 219 g/mol. The molecule has 0 radical (unpaired) electrons. The molecule has 1 atom stereocenters. The minimum atomic E-state index is -0.461. The lowest BCUT2D eigenvalue weighted by Crippen LogP contribution is -2.14.